The first kappa shape index (κ1) is 46.2. The van der Waals surface area contributed by atoms with E-state index in [2.05, 4.69) is 5.32 Å². The summed E-state index contributed by atoms with van der Waals surface area (Å²) >= 11 is 0. The zero-order valence-corrected chi connectivity index (χ0v) is 36.5. The van der Waals surface area contributed by atoms with Crippen molar-refractivity contribution in [2.45, 2.75) is 128 Å². The van der Waals surface area contributed by atoms with Crippen molar-refractivity contribution in [3.8, 4) is 0 Å². The molecule has 18 nitrogen and oxygen atoms in total. The minimum Gasteiger partial charge on any atom is -0.467 e. The molecule has 1 aliphatic heterocycles. The van der Waals surface area contributed by atoms with Crippen LogP contribution in [0.3, 0.4) is 0 Å². The maximum Gasteiger partial charge on any atom is 0.409 e. The second-order valence-corrected chi connectivity index (χ2v) is 18.4. The molecule has 1 aromatic carbocycles. The number of nitrogens with one attached hydrogen (secondary N) is 1. The molecule has 6 rings (SSSR count). The Morgan fingerprint density at radius 2 is 1.65 bits per heavy atom. The number of nitrogens with zero attached hydrogens (tertiary/aromatic N) is 1. The minimum absolute atomic E-state index is 0.0350. The molecule has 11 atom stereocenters. The first-order valence-corrected chi connectivity index (χ1v) is 20.3. The number of benzene rings is 1. The molecule has 3 aliphatic carbocycles. The lowest BCUT2D eigenvalue weighted by molar-refractivity contribution is -0.342. The predicted molar refractivity (Wildman–Crippen MR) is 214 cm³/mol. The third kappa shape index (κ3) is 7.86. The highest BCUT2D eigenvalue weighted by molar-refractivity contribution is 5.95. The summed E-state index contributed by atoms with van der Waals surface area (Å²) in [6.45, 7) is 11.5. The lowest BCUT2D eigenvalue weighted by atomic mass is 9.44. The molecule has 3 fully saturated rings. The maximum atomic E-state index is 15.5. The molecule has 0 spiro atoms. The van der Waals surface area contributed by atoms with Crippen molar-refractivity contribution in [3.63, 3.8) is 0 Å². The van der Waals surface area contributed by atoms with E-state index >= 15 is 4.79 Å². The highest BCUT2D eigenvalue weighted by Crippen LogP contribution is 2.64. The Kier molecular flexibility index (Phi) is 12.2. The van der Waals surface area contributed by atoms with Crippen LogP contribution in [0.25, 0.3) is 0 Å². The van der Waals surface area contributed by atoms with Gasteiger partial charge < -0.3 is 58.4 Å². The van der Waals surface area contributed by atoms with Crippen LogP contribution in [-0.4, -0.2) is 130 Å². The second-order valence-electron chi connectivity index (χ2n) is 18.4. The van der Waals surface area contributed by atoms with E-state index < -0.39 is 119 Å². The van der Waals surface area contributed by atoms with E-state index in [0.29, 0.717) is 0 Å². The summed E-state index contributed by atoms with van der Waals surface area (Å²) in [4.78, 5) is 84.6. The van der Waals surface area contributed by atoms with Gasteiger partial charge in [0.05, 0.1) is 35.9 Å². The Balaban J connectivity index is 1.55. The molecule has 2 aromatic rings. The van der Waals surface area contributed by atoms with Gasteiger partial charge in [-0.15, -0.1) is 0 Å². The molecule has 18 heteroatoms. The Morgan fingerprint density at radius 3 is 2.19 bits per heavy atom. The van der Waals surface area contributed by atoms with Crippen LogP contribution in [0.2, 0.25) is 0 Å². The van der Waals surface area contributed by atoms with E-state index in [1.807, 2.05) is 0 Å². The van der Waals surface area contributed by atoms with Gasteiger partial charge in [0.1, 0.15) is 41.3 Å². The number of amides is 2. The molecule has 2 bridgehead atoms. The average molecular weight is 869 g/mol. The van der Waals surface area contributed by atoms with Crippen LogP contribution < -0.4 is 5.32 Å². The molecule has 4 N–H and O–H groups in total. The highest BCUT2D eigenvalue weighted by atomic mass is 16.6. The molecule has 2 heterocycles. The van der Waals surface area contributed by atoms with Gasteiger partial charge in [-0.05, 0) is 70.0 Å². The number of aliphatic hydroxyl groups excluding tert-OH is 2. The van der Waals surface area contributed by atoms with Crippen molar-refractivity contribution in [1.82, 2.24) is 10.2 Å². The Bertz CT molecular complexity index is 2110. The van der Waals surface area contributed by atoms with Gasteiger partial charge in [0.15, 0.2) is 23.6 Å². The second kappa shape index (κ2) is 16.4. The molecule has 0 radical (unpaired) electrons. The quantitative estimate of drug-likeness (QED) is 0.160. The fourth-order valence-electron chi connectivity index (χ4n) is 9.56. The van der Waals surface area contributed by atoms with Gasteiger partial charge in [-0.1, -0.05) is 32.0 Å². The van der Waals surface area contributed by atoms with E-state index in [4.69, 9.17) is 32.8 Å². The van der Waals surface area contributed by atoms with E-state index in [0.717, 1.165) is 11.8 Å². The normalized spacial score (nSPS) is 32.2. The van der Waals surface area contributed by atoms with Crippen molar-refractivity contribution < 1.29 is 76.9 Å². The summed E-state index contributed by atoms with van der Waals surface area (Å²) in [6, 6.07) is 9.12. The molecule has 1 saturated heterocycles. The summed E-state index contributed by atoms with van der Waals surface area (Å²) in [5, 5.41) is 39.8. The van der Waals surface area contributed by atoms with E-state index in [1.54, 1.807) is 52.8 Å². The van der Waals surface area contributed by atoms with Crippen LogP contribution in [0.4, 0.5) is 9.59 Å². The van der Waals surface area contributed by atoms with Crippen LogP contribution in [0.1, 0.15) is 90.4 Å². The smallest absolute Gasteiger partial charge is 0.409 e. The van der Waals surface area contributed by atoms with Crippen LogP contribution in [-0.2, 0) is 42.8 Å². The van der Waals surface area contributed by atoms with Gasteiger partial charge >= 0.3 is 30.1 Å². The number of hydrogen-bond acceptors (Lipinski definition) is 16. The van der Waals surface area contributed by atoms with E-state index in [-0.39, 0.29) is 35.5 Å². The summed E-state index contributed by atoms with van der Waals surface area (Å²) < 4.78 is 41.2. The number of ketones is 1. The van der Waals surface area contributed by atoms with Crippen LogP contribution in [0.5, 0.6) is 0 Å². The number of ether oxygens (including phenoxy) is 6. The Hall–Kier alpha value is -5.30. The third-order valence-electron chi connectivity index (χ3n) is 12.8. The predicted octanol–water partition coefficient (Wildman–Crippen LogP) is 3.56. The third-order valence-corrected chi connectivity index (χ3v) is 12.8. The van der Waals surface area contributed by atoms with Gasteiger partial charge in [-0.2, -0.15) is 0 Å². The number of aliphatic hydroxyl groups is 3. The Morgan fingerprint density at radius 1 is 0.984 bits per heavy atom. The molecule has 62 heavy (non-hydrogen) atoms. The van der Waals surface area contributed by atoms with E-state index in [9.17, 15) is 39.3 Å². The van der Waals surface area contributed by atoms with Crippen molar-refractivity contribution in [3.05, 3.63) is 71.2 Å². The lowest BCUT2D eigenvalue weighted by Crippen LogP contribution is -2.82. The molecule has 4 aliphatic rings. The van der Waals surface area contributed by atoms with Gasteiger partial charge in [0.2, 0.25) is 0 Å². The topological polar surface area (TPSA) is 247 Å². The minimum atomic E-state index is -2.43. The monoisotopic (exact) mass is 868 g/mol. The first-order chi connectivity index (χ1) is 28.8. The lowest BCUT2D eigenvalue weighted by Gasteiger charge is -2.67. The fourth-order valence-corrected chi connectivity index (χ4v) is 9.56. The van der Waals surface area contributed by atoms with E-state index in [1.165, 1.54) is 58.5 Å². The standard InChI is InChI=1S/C44H56N2O16/c1-22-26(59-37(52)31(49)30(25-17-14-18-56-25)45-38(53)61-40(3,4)5)20-44(55)35(60-36(51)24-15-12-11-13-16-24)33-42(8,34(50)32(58-23(2)47)29(22)41(44,6)7)27(48)19-28-43(33,21-57-28)62-39(54)46(9)10/h11-18,26-28,30-33,35,48-49,55H,19-21H2,1-10H3,(H,45,53)/t26-,27-,28+,30-,31+,32+,33-,35-,42+,43-,44+/m0/s1. The van der Waals surface area contributed by atoms with Gasteiger partial charge in [0, 0.05) is 39.3 Å². The number of alkyl carbamates (subject to hydrolysis) is 1. The SMILES string of the molecule is CC(=O)O[C@H]1C(=O)[C@@]2(C)[C@H]([C@H](OC(=O)c3ccccc3)[C@]3(O)C[C@H](OC(=O)[C@H](O)[C@@H](NC(=O)OC(C)(C)C)c4ccco4)C(C)=C1C3(C)C)[C@]1(OC(=O)N(C)C)CO[C@@H]1C[C@@H]2O. The van der Waals surface area contributed by atoms with Crippen LogP contribution >= 0.6 is 0 Å². The van der Waals surface area contributed by atoms with Crippen molar-refractivity contribution in [2.24, 2.45) is 16.7 Å². The van der Waals surface area contributed by atoms with Crippen molar-refractivity contribution in [2.75, 3.05) is 20.7 Å². The number of Topliss-reactive ketones (excluding diaryl/α,β-unsaturated/α-hetero) is 1. The largest absolute Gasteiger partial charge is 0.467 e. The van der Waals surface area contributed by atoms with Gasteiger partial charge in [-0.3, -0.25) is 9.59 Å². The summed E-state index contributed by atoms with van der Waals surface area (Å²) in [5.41, 5.74) is -8.87. The highest BCUT2D eigenvalue weighted by Gasteiger charge is 2.78. The number of furan rings is 1. The number of carbonyl (C=O) groups is 6. The molecule has 1 aromatic heterocycles. The Labute approximate surface area is 358 Å². The van der Waals surface area contributed by atoms with Gasteiger partial charge in [0.25, 0.3) is 0 Å². The number of carbonyl (C=O) groups excluding carboxylic acids is 6. The van der Waals surface area contributed by atoms with Crippen molar-refractivity contribution >= 4 is 35.9 Å². The summed E-state index contributed by atoms with van der Waals surface area (Å²) in [5.74, 6) is -5.71. The molecule has 2 amide bonds. The zero-order valence-electron chi connectivity index (χ0n) is 36.5. The maximum absolute atomic E-state index is 15.5. The van der Waals surface area contributed by atoms with Gasteiger partial charge in [-0.25, -0.2) is 19.2 Å². The van der Waals surface area contributed by atoms with Crippen LogP contribution in [0.15, 0.2) is 64.3 Å². The number of fused-ring (bicyclic) bond motifs is 5. The number of rotatable bonds is 9. The molecule has 0 unspecified atom stereocenters. The fraction of sp³-hybridized carbons (Fsp3) is 0.591. The van der Waals surface area contributed by atoms with Crippen molar-refractivity contribution in [1.29, 1.82) is 0 Å². The molecule has 2 saturated carbocycles. The molecule has 338 valence electrons. The number of esters is 3. The summed E-state index contributed by atoms with van der Waals surface area (Å²) in [7, 11) is 2.86. The zero-order chi connectivity index (χ0) is 45.9. The average Bonchev–Trinajstić information content (AvgIpc) is 3.72. The van der Waals surface area contributed by atoms with Crippen LogP contribution in [0, 0.1) is 16.7 Å². The number of hydrogen-bond donors (Lipinski definition) is 4. The first-order valence-electron chi connectivity index (χ1n) is 20.3. The molecular weight excluding hydrogens is 812 g/mol. The summed E-state index contributed by atoms with van der Waals surface area (Å²) in [6.07, 6.45) is -11.5. The molecular formula is C44H56N2O16.